The van der Waals surface area contributed by atoms with Crippen LogP contribution in [0.1, 0.15) is 48.0 Å². The van der Waals surface area contributed by atoms with E-state index in [1.807, 2.05) is 19.2 Å². The maximum atomic E-state index is 11.7. The molecule has 1 amide bonds. The standard InChI is InChI=1S/C22H32N2O3/c1-26-22(18-5-2-4-17(12-18)21(23)25)19-6-3-7-20(22)15-24(14-19)13-16-8-10-27-11-9-16/h2,4-5,12,16,19-20H,3,6-11,13-15H2,1H3,(H2,23,25)/t19-,20+,22?. The van der Waals surface area contributed by atoms with Gasteiger partial charge in [-0.25, -0.2) is 0 Å². The molecule has 5 nitrogen and oxygen atoms in total. The third kappa shape index (κ3) is 3.53. The van der Waals surface area contributed by atoms with Crippen molar-refractivity contribution in [1.29, 1.82) is 0 Å². The van der Waals surface area contributed by atoms with Crippen molar-refractivity contribution in [2.45, 2.75) is 37.7 Å². The van der Waals surface area contributed by atoms with E-state index >= 15 is 0 Å². The van der Waals surface area contributed by atoms with Crippen LogP contribution < -0.4 is 5.73 Å². The topological polar surface area (TPSA) is 64.8 Å². The van der Waals surface area contributed by atoms with Crippen LogP contribution in [-0.4, -0.2) is 50.8 Å². The first-order valence-electron chi connectivity index (χ1n) is 10.4. The van der Waals surface area contributed by atoms with Crippen molar-refractivity contribution in [3.63, 3.8) is 0 Å². The first kappa shape index (κ1) is 18.9. The monoisotopic (exact) mass is 372 g/mol. The molecule has 3 atom stereocenters. The third-order valence-electron chi connectivity index (χ3n) is 7.07. The quantitative estimate of drug-likeness (QED) is 0.863. The molecule has 1 aromatic rings. The number of carbonyl (C=O) groups is 1. The second kappa shape index (κ2) is 7.90. The van der Waals surface area contributed by atoms with Gasteiger partial charge in [0.2, 0.25) is 5.91 Å². The molecule has 1 unspecified atom stereocenters. The minimum absolute atomic E-state index is 0.296. The van der Waals surface area contributed by atoms with Crippen molar-refractivity contribution in [3.8, 4) is 0 Å². The zero-order valence-corrected chi connectivity index (χ0v) is 16.4. The molecule has 27 heavy (non-hydrogen) atoms. The number of nitrogens with zero attached hydrogens (tertiary/aromatic N) is 1. The number of piperidine rings is 1. The van der Waals surface area contributed by atoms with Crippen molar-refractivity contribution in [2.75, 3.05) is 40.0 Å². The van der Waals surface area contributed by atoms with Crippen LogP contribution in [0.15, 0.2) is 24.3 Å². The largest absolute Gasteiger partial charge is 0.381 e. The third-order valence-corrected chi connectivity index (χ3v) is 7.07. The van der Waals surface area contributed by atoms with Crippen LogP contribution in [0.2, 0.25) is 0 Å². The Morgan fingerprint density at radius 3 is 2.56 bits per heavy atom. The zero-order valence-electron chi connectivity index (χ0n) is 16.4. The molecule has 2 heterocycles. The first-order valence-corrected chi connectivity index (χ1v) is 10.4. The van der Waals surface area contributed by atoms with Gasteiger partial charge in [-0.3, -0.25) is 4.79 Å². The van der Waals surface area contributed by atoms with Gasteiger partial charge in [-0.15, -0.1) is 0 Å². The van der Waals surface area contributed by atoms with E-state index in [9.17, 15) is 4.79 Å². The van der Waals surface area contributed by atoms with Crippen LogP contribution >= 0.6 is 0 Å². The SMILES string of the molecule is COC1(c2cccc(C(N)=O)c2)[C@@H]2CCC[C@H]1CN(CC1CCOCC1)C2. The van der Waals surface area contributed by atoms with Crippen molar-refractivity contribution >= 4 is 5.91 Å². The van der Waals surface area contributed by atoms with Gasteiger partial charge < -0.3 is 20.1 Å². The number of methoxy groups -OCH3 is 1. The smallest absolute Gasteiger partial charge is 0.248 e. The highest BCUT2D eigenvalue weighted by molar-refractivity contribution is 5.92. The lowest BCUT2D eigenvalue weighted by Crippen LogP contribution is -2.59. The summed E-state index contributed by atoms with van der Waals surface area (Å²) in [4.78, 5) is 14.4. The number of hydrogen-bond acceptors (Lipinski definition) is 4. The Hall–Kier alpha value is -1.43. The molecule has 2 bridgehead atoms. The molecule has 4 rings (SSSR count). The van der Waals surface area contributed by atoms with Crippen molar-refractivity contribution < 1.29 is 14.3 Å². The van der Waals surface area contributed by atoms with E-state index in [0.29, 0.717) is 17.4 Å². The molecule has 3 aliphatic rings. The Bertz CT molecular complexity index is 657. The predicted molar refractivity (Wildman–Crippen MR) is 104 cm³/mol. The highest BCUT2D eigenvalue weighted by Crippen LogP contribution is 2.51. The summed E-state index contributed by atoms with van der Waals surface area (Å²) in [6.07, 6.45) is 5.98. The van der Waals surface area contributed by atoms with Crippen LogP contribution in [0.4, 0.5) is 0 Å². The summed E-state index contributed by atoms with van der Waals surface area (Å²) >= 11 is 0. The molecule has 1 aliphatic carbocycles. The molecular weight excluding hydrogens is 340 g/mol. The van der Waals surface area contributed by atoms with Gasteiger partial charge in [0.25, 0.3) is 0 Å². The Labute approximate surface area is 162 Å². The highest BCUT2D eigenvalue weighted by atomic mass is 16.5. The second-order valence-electron chi connectivity index (χ2n) is 8.54. The number of benzene rings is 1. The van der Waals surface area contributed by atoms with Gasteiger partial charge in [0, 0.05) is 57.4 Å². The summed E-state index contributed by atoms with van der Waals surface area (Å²) in [7, 11) is 1.84. The van der Waals surface area contributed by atoms with E-state index in [4.69, 9.17) is 15.2 Å². The fourth-order valence-corrected chi connectivity index (χ4v) is 5.81. The molecule has 2 aliphatic heterocycles. The summed E-state index contributed by atoms with van der Waals surface area (Å²) in [5.41, 5.74) is 6.95. The van der Waals surface area contributed by atoms with Crippen molar-refractivity contribution in [1.82, 2.24) is 4.90 Å². The van der Waals surface area contributed by atoms with E-state index in [1.54, 1.807) is 6.07 Å². The fourth-order valence-electron chi connectivity index (χ4n) is 5.81. The van der Waals surface area contributed by atoms with Gasteiger partial charge in [0.1, 0.15) is 5.60 Å². The van der Waals surface area contributed by atoms with Crippen molar-refractivity contribution in [2.24, 2.45) is 23.5 Å². The maximum absolute atomic E-state index is 11.7. The van der Waals surface area contributed by atoms with E-state index in [1.165, 1.54) is 38.6 Å². The zero-order chi connectivity index (χ0) is 18.9. The number of fused-ring (bicyclic) bond motifs is 2. The molecule has 1 saturated carbocycles. The maximum Gasteiger partial charge on any atom is 0.248 e. The summed E-state index contributed by atoms with van der Waals surface area (Å²) in [5.74, 6) is 1.30. The molecule has 148 valence electrons. The molecular formula is C22H32N2O3. The summed E-state index contributed by atoms with van der Waals surface area (Å²) < 4.78 is 11.8. The molecule has 2 saturated heterocycles. The summed E-state index contributed by atoms with van der Waals surface area (Å²) in [6, 6.07) is 7.83. The average Bonchev–Trinajstić information content (AvgIpc) is 2.68. The molecule has 0 radical (unpaired) electrons. The van der Waals surface area contributed by atoms with Crippen LogP contribution in [0, 0.1) is 17.8 Å². The Kier molecular flexibility index (Phi) is 5.53. The van der Waals surface area contributed by atoms with Crippen LogP contribution in [0.25, 0.3) is 0 Å². The van der Waals surface area contributed by atoms with Crippen LogP contribution in [-0.2, 0) is 15.1 Å². The van der Waals surface area contributed by atoms with E-state index < -0.39 is 0 Å². The van der Waals surface area contributed by atoms with Crippen LogP contribution in [0.5, 0.6) is 0 Å². The number of likely N-dealkylation sites (tertiary alicyclic amines) is 1. The van der Waals surface area contributed by atoms with Gasteiger partial charge in [0.05, 0.1) is 0 Å². The number of nitrogens with two attached hydrogens (primary N) is 1. The van der Waals surface area contributed by atoms with Gasteiger partial charge in [0.15, 0.2) is 0 Å². The van der Waals surface area contributed by atoms with Gasteiger partial charge in [-0.1, -0.05) is 18.6 Å². The summed E-state index contributed by atoms with van der Waals surface area (Å²) in [6.45, 7) is 5.14. The molecule has 2 N–H and O–H groups in total. The molecule has 3 fully saturated rings. The lowest BCUT2D eigenvalue weighted by molar-refractivity contribution is -0.171. The number of primary amides is 1. The normalized spacial score (nSPS) is 32.3. The molecule has 1 aromatic carbocycles. The number of carbonyl (C=O) groups excluding carboxylic acids is 1. The molecule has 0 aromatic heterocycles. The Balaban J connectivity index is 1.58. The van der Waals surface area contributed by atoms with E-state index in [-0.39, 0.29) is 11.5 Å². The fraction of sp³-hybridized carbons (Fsp3) is 0.682. The Morgan fingerprint density at radius 2 is 1.93 bits per heavy atom. The molecule has 0 spiro atoms. The van der Waals surface area contributed by atoms with E-state index in [0.717, 1.165) is 37.8 Å². The molecule has 5 heteroatoms. The minimum Gasteiger partial charge on any atom is -0.381 e. The number of rotatable bonds is 5. The number of ether oxygens (including phenoxy) is 2. The highest BCUT2D eigenvalue weighted by Gasteiger charge is 2.53. The van der Waals surface area contributed by atoms with Gasteiger partial charge in [-0.2, -0.15) is 0 Å². The predicted octanol–water partition coefficient (Wildman–Crippen LogP) is 2.79. The van der Waals surface area contributed by atoms with Gasteiger partial charge in [-0.05, 0) is 49.3 Å². The number of hydrogen-bond donors (Lipinski definition) is 1. The second-order valence-corrected chi connectivity index (χ2v) is 8.54. The lowest BCUT2D eigenvalue weighted by Gasteiger charge is -2.56. The number of amides is 1. The Morgan fingerprint density at radius 1 is 1.22 bits per heavy atom. The first-order chi connectivity index (χ1) is 13.1. The average molecular weight is 373 g/mol. The summed E-state index contributed by atoms with van der Waals surface area (Å²) in [5, 5.41) is 0. The lowest BCUT2D eigenvalue weighted by atomic mass is 9.62. The van der Waals surface area contributed by atoms with Gasteiger partial charge >= 0.3 is 0 Å². The van der Waals surface area contributed by atoms with E-state index in [2.05, 4.69) is 11.0 Å². The van der Waals surface area contributed by atoms with Crippen LogP contribution in [0.3, 0.4) is 0 Å². The minimum atomic E-state index is -0.370. The van der Waals surface area contributed by atoms with Crippen molar-refractivity contribution in [3.05, 3.63) is 35.4 Å².